The van der Waals surface area contributed by atoms with E-state index in [0.29, 0.717) is 24.4 Å². The molecular weight excluding hydrogens is 316 g/mol. The lowest BCUT2D eigenvalue weighted by Crippen LogP contribution is -2.37. The Bertz CT molecular complexity index is 792. The lowest BCUT2D eigenvalue weighted by molar-refractivity contribution is -0.117. The Kier molecular flexibility index (Phi) is 4.03. The maximum Gasteiger partial charge on any atom is 0.251 e. The van der Waals surface area contributed by atoms with Gasteiger partial charge in [-0.2, -0.15) is 5.10 Å². The predicted octanol–water partition coefficient (Wildman–Crippen LogP) is 2.22. The van der Waals surface area contributed by atoms with E-state index >= 15 is 0 Å². The first-order chi connectivity index (χ1) is 12.1. The van der Waals surface area contributed by atoms with E-state index in [1.54, 1.807) is 22.0 Å². The third-order valence-electron chi connectivity index (χ3n) is 5.21. The summed E-state index contributed by atoms with van der Waals surface area (Å²) in [5.74, 6) is 0.558. The molecule has 0 bridgehead atoms. The van der Waals surface area contributed by atoms with Crippen molar-refractivity contribution in [1.82, 2.24) is 15.1 Å². The van der Waals surface area contributed by atoms with Gasteiger partial charge in [0.05, 0.1) is 17.9 Å². The number of amides is 2. The summed E-state index contributed by atoms with van der Waals surface area (Å²) in [6.45, 7) is 0.483. The molecule has 2 amide bonds. The van der Waals surface area contributed by atoms with Crippen molar-refractivity contribution in [3.05, 3.63) is 47.8 Å². The Morgan fingerprint density at radius 3 is 2.60 bits per heavy atom. The molecular formula is C19H22N4O2. The van der Waals surface area contributed by atoms with Crippen LogP contribution in [0.15, 0.2) is 36.7 Å². The van der Waals surface area contributed by atoms with Crippen LogP contribution in [0.4, 0.5) is 5.69 Å². The number of anilines is 1. The first-order valence-corrected chi connectivity index (χ1v) is 8.80. The smallest absolute Gasteiger partial charge is 0.251 e. The van der Waals surface area contributed by atoms with Crippen LogP contribution >= 0.6 is 0 Å². The average molecular weight is 338 g/mol. The van der Waals surface area contributed by atoms with Crippen molar-refractivity contribution in [1.29, 1.82) is 0 Å². The van der Waals surface area contributed by atoms with Crippen molar-refractivity contribution in [2.75, 3.05) is 11.4 Å². The minimum absolute atomic E-state index is 0.0126. The molecule has 1 aliphatic carbocycles. The van der Waals surface area contributed by atoms with Gasteiger partial charge in [0.25, 0.3) is 5.91 Å². The number of rotatable bonds is 4. The minimum atomic E-state index is -0.175. The van der Waals surface area contributed by atoms with Gasteiger partial charge in [-0.1, -0.05) is 18.6 Å². The number of benzene rings is 1. The van der Waals surface area contributed by atoms with E-state index in [0.717, 1.165) is 5.69 Å². The van der Waals surface area contributed by atoms with Crippen LogP contribution in [-0.4, -0.2) is 34.2 Å². The molecule has 2 aromatic rings. The number of hydrogen-bond donors (Lipinski definition) is 1. The highest BCUT2D eigenvalue weighted by molar-refractivity contribution is 5.98. The largest absolute Gasteiger partial charge is 0.347 e. The topological polar surface area (TPSA) is 67.2 Å². The van der Waals surface area contributed by atoms with Gasteiger partial charge in [0.15, 0.2) is 0 Å². The zero-order valence-electron chi connectivity index (χ0n) is 14.3. The van der Waals surface area contributed by atoms with Crippen LogP contribution in [0.3, 0.4) is 0 Å². The van der Waals surface area contributed by atoms with Crippen LogP contribution in [0.1, 0.15) is 47.5 Å². The molecule has 0 radical (unpaired) electrons. The highest BCUT2D eigenvalue weighted by atomic mass is 16.2. The van der Waals surface area contributed by atoms with Crippen molar-refractivity contribution in [2.24, 2.45) is 7.05 Å². The molecule has 1 N–H and O–H groups in total. The molecule has 25 heavy (non-hydrogen) atoms. The Morgan fingerprint density at radius 2 is 2.00 bits per heavy atom. The zero-order valence-corrected chi connectivity index (χ0v) is 14.3. The summed E-state index contributed by atoms with van der Waals surface area (Å²) >= 11 is 0. The highest BCUT2D eigenvalue weighted by Crippen LogP contribution is 2.36. The van der Waals surface area contributed by atoms with Crippen LogP contribution < -0.4 is 10.2 Å². The van der Waals surface area contributed by atoms with Gasteiger partial charge in [0, 0.05) is 31.8 Å². The number of aromatic nitrogens is 2. The number of carbonyl (C=O) groups excluding carboxylic acids is 2. The number of aryl methyl sites for hydroxylation is 1. The standard InChI is InChI=1S/C19H22N4O2/c1-22-12-17(10-20-22)23-11-16(9-18(23)24)21-19(25)15-7-5-14(6-8-15)13-3-2-4-13/h5-8,10,12-13,16H,2-4,9,11H2,1H3,(H,21,25). The molecule has 1 aromatic heterocycles. The Balaban J connectivity index is 1.38. The van der Waals surface area contributed by atoms with Crippen LogP contribution in [0.5, 0.6) is 0 Å². The summed E-state index contributed by atoms with van der Waals surface area (Å²) in [6, 6.07) is 7.71. The maximum atomic E-state index is 12.5. The molecule has 1 aromatic carbocycles. The fourth-order valence-electron chi connectivity index (χ4n) is 3.52. The third kappa shape index (κ3) is 3.16. The number of nitrogens with one attached hydrogen (secondary N) is 1. The van der Waals surface area contributed by atoms with Gasteiger partial charge in [-0.15, -0.1) is 0 Å². The molecule has 4 rings (SSSR count). The van der Waals surface area contributed by atoms with E-state index in [9.17, 15) is 9.59 Å². The summed E-state index contributed by atoms with van der Waals surface area (Å²) in [7, 11) is 1.82. The number of carbonyl (C=O) groups is 2. The average Bonchev–Trinajstić information content (AvgIpc) is 3.12. The predicted molar refractivity (Wildman–Crippen MR) is 94.5 cm³/mol. The van der Waals surface area contributed by atoms with Gasteiger partial charge in [-0.25, -0.2) is 0 Å². The zero-order chi connectivity index (χ0) is 17.4. The van der Waals surface area contributed by atoms with Gasteiger partial charge in [0.2, 0.25) is 5.91 Å². The second kappa shape index (κ2) is 6.35. The van der Waals surface area contributed by atoms with E-state index in [-0.39, 0.29) is 17.9 Å². The Morgan fingerprint density at radius 1 is 1.24 bits per heavy atom. The van der Waals surface area contributed by atoms with Crippen molar-refractivity contribution in [3.63, 3.8) is 0 Å². The molecule has 2 heterocycles. The molecule has 1 saturated carbocycles. The van der Waals surface area contributed by atoms with Crippen LogP contribution in [-0.2, 0) is 11.8 Å². The van der Waals surface area contributed by atoms with Crippen molar-refractivity contribution in [3.8, 4) is 0 Å². The lowest BCUT2D eigenvalue weighted by Gasteiger charge is -2.25. The molecule has 1 unspecified atom stereocenters. The number of nitrogens with zero attached hydrogens (tertiary/aromatic N) is 3. The van der Waals surface area contributed by atoms with E-state index < -0.39 is 0 Å². The molecule has 130 valence electrons. The second-order valence-electron chi connectivity index (χ2n) is 7.00. The van der Waals surface area contributed by atoms with E-state index in [1.807, 2.05) is 19.2 Å². The third-order valence-corrected chi connectivity index (χ3v) is 5.21. The van der Waals surface area contributed by atoms with Gasteiger partial charge in [-0.3, -0.25) is 14.3 Å². The van der Waals surface area contributed by atoms with Gasteiger partial charge in [-0.05, 0) is 36.5 Å². The summed E-state index contributed by atoms with van der Waals surface area (Å²) in [6.07, 6.45) is 7.60. The molecule has 1 aliphatic heterocycles. The maximum absolute atomic E-state index is 12.5. The van der Waals surface area contributed by atoms with Crippen molar-refractivity contribution in [2.45, 2.75) is 37.6 Å². The van der Waals surface area contributed by atoms with Gasteiger partial charge in [0.1, 0.15) is 0 Å². The monoisotopic (exact) mass is 338 g/mol. The fourth-order valence-corrected chi connectivity index (χ4v) is 3.52. The summed E-state index contributed by atoms with van der Waals surface area (Å²) in [5.41, 5.74) is 2.74. The Labute approximate surface area is 146 Å². The van der Waals surface area contributed by atoms with Crippen LogP contribution in [0.25, 0.3) is 0 Å². The second-order valence-corrected chi connectivity index (χ2v) is 7.00. The molecule has 6 nitrogen and oxygen atoms in total. The molecule has 2 fully saturated rings. The molecule has 1 saturated heterocycles. The van der Waals surface area contributed by atoms with E-state index in [2.05, 4.69) is 22.5 Å². The summed E-state index contributed by atoms with van der Waals surface area (Å²) in [4.78, 5) is 26.3. The van der Waals surface area contributed by atoms with Crippen molar-refractivity contribution < 1.29 is 9.59 Å². The van der Waals surface area contributed by atoms with Gasteiger partial charge >= 0.3 is 0 Å². The Hall–Kier alpha value is -2.63. The van der Waals surface area contributed by atoms with E-state index in [1.165, 1.54) is 24.8 Å². The molecule has 0 spiro atoms. The first kappa shape index (κ1) is 15.9. The van der Waals surface area contributed by atoms with E-state index in [4.69, 9.17) is 0 Å². The molecule has 2 aliphatic rings. The highest BCUT2D eigenvalue weighted by Gasteiger charge is 2.32. The van der Waals surface area contributed by atoms with Crippen LogP contribution in [0.2, 0.25) is 0 Å². The van der Waals surface area contributed by atoms with Gasteiger partial charge < -0.3 is 10.2 Å². The fraction of sp³-hybridized carbons (Fsp3) is 0.421. The quantitative estimate of drug-likeness (QED) is 0.929. The van der Waals surface area contributed by atoms with Crippen molar-refractivity contribution >= 4 is 17.5 Å². The first-order valence-electron chi connectivity index (χ1n) is 8.80. The lowest BCUT2D eigenvalue weighted by atomic mass is 9.80. The SMILES string of the molecule is Cn1cc(N2CC(NC(=O)c3ccc(C4CCC4)cc3)CC2=O)cn1. The minimum Gasteiger partial charge on any atom is -0.347 e. The summed E-state index contributed by atoms with van der Waals surface area (Å²) < 4.78 is 1.66. The summed E-state index contributed by atoms with van der Waals surface area (Å²) in [5, 5.41) is 7.08. The molecule has 6 heteroatoms. The van der Waals surface area contributed by atoms with Crippen LogP contribution in [0, 0.1) is 0 Å². The normalized spacial score (nSPS) is 20.6. The molecule has 1 atom stereocenters. The number of hydrogen-bond acceptors (Lipinski definition) is 3.